The van der Waals surface area contributed by atoms with E-state index >= 15 is 0 Å². The van der Waals surface area contributed by atoms with Crippen molar-refractivity contribution >= 4 is 5.91 Å². The lowest BCUT2D eigenvalue weighted by Crippen LogP contribution is -2.30. The monoisotopic (exact) mass is 183 g/mol. The first-order valence-electron chi connectivity index (χ1n) is 4.81. The number of amides is 1. The highest BCUT2D eigenvalue weighted by Gasteiger charge is 2.25. The van der Waals surface area contributed by atoms with Crippen LogP contribution in [-0.2, 0) is 4.79 Å². The van der Waals surface area contributed by atoms with Crippen LogP contribution in [0.4, 0.5) is 0 Å². The van der Waals surface area contributed by atoms with E-state index in [1.165, 1.54) is 0 Å². The van der Waals surface area contributed by atoms with Gasteiger partial charge in [0.05, 0.1) is 6.10 Å². The molecule has 0 aliphatic carbocycles. The van der Waals surface area contributed by atoms with Crippen molar-refractivity contribution in [2.75, 3.05) is 13.1 Å². The molecule has 74 valence electrons. The van der Waals surface area contributed by atoms with Crippen molar-refractivity contribution in [2.24, 2.45) is 0 Å². The minimum atomic E-state index is -0.320. The summed E-state index contributed by atoms with van der Waals surface area (Å²) in [5, 5.41) is 9.26. The molecule has 0 saturated carbocycles. The van der Waals surface area contributed by atoms with Gasteiger partial charge in [-0.3, -0.25) is 4.79 Å². The first-order valence-corrected chi connectivity index (χ1v) is 4.81. The summed E-state index contributed by atoms with van der Waals surface area (Å²) < 4.78 is 0. The van der Waals surface area contributed by atoms with Gasteiger partial charge in [-0.05, 0) is 19.8 Å². The van der Waals surface area contributed by atoms with E-state index in [1.807, 2.05) is 19.9 Å². The number of likely N-dealkylation sites (tertiary alicyclic amines) is 1. The minimum absolute atomic E-state index is 0.0848. The van der Waals surface area contributed by atoms with Crippen LogP contribution in [-0.4, -0.2) is 35.1 Å². The van der Waals surface area contributed by atoms with E-state index in [2.05, 4.69) is 0 Å². The van der Waals surface area contributed by atoms with E-state index in [4.69, 9.17) is 0 Å². The number of carbonyl (C=O) groups excluding carboxylic acids is 1. The fourth-order valence-electron chi connectivity index (χ4n) is 1.61. The van der Waals surface area contributed by atoms with Gasteiger partial charge in [-0.25, -0.2) is 0 Å². The third-order valence-corrected chi connectivity index (χ3v) is 2.45. The predicted molar refractivity (Wildman–Crippen MR) is 51.3 cm³/mol. The number of carbonyl (C=O) groups is 1. The Bertz CT molecular complexity index is 223. The van der Waals surface area contributed by atoms with Crippen LogP contribution in [0.5, 0.6) is 0 Å². The second-order valence-electron chi connectivity index (χ2n) is 3.36. The lowest BCUT2D eigenvalue weighted by Gasteiger charge is -2.16. The van der Waals surface area contributed by atoms with E-state index in [0.717, 1.165) is 12.0 Å². The standard InChI is InChI=1S/C10H17NO2/c1-3-8(4-2)10(13)11-6-5-9(12)7-11/h3,9,12H,4-7H2,1-2H3/b8-3+/t9-/m1/s1. The van der Waals surface area contributed by atoms with E-state index in [1.54, 1.807) is 4.90 Å². The number of β-amino-alcohol motifs (C(OH)–C–C–N with tert-alkyl or cyclic N) is 1. The van der Waals surface area contributed by atoms with Gasteiger partial charge in [-0.1, -0.05) is 13.0 Å². The maximum absolute atomic E-state index is 11.7. The summed E-state index contributed by atoms with van der Waals surface area (Å²) in [6.07, 6.45) is 3.01. The number of aliphatic hydroxyl groups excluding tert-OH is 1. The number of allylic oxidation sites excluding steroid dienone is 1. The van der Waals surface area contributed by atoms with Crippen molar-refractivity contribution in [1.29, 1.82) is 0 Å². The van der Waals surface area contributed by atoms with Crippen LogP contribution in [0.2, 0.25) is 0 Å². The maximum Gasteiger partial charge on any atom is 0.249 e. The summed E-state index contributed by atoms with van der Waals surface area (Å²) in [6.45, 7) is 5.04. The summed E-state index contributed by atoms with van der Waals surface area (Å²) in [5.41, 5.74) is 0.842. The van der Waals surface area contributed by atoms with Crippen molar-refractivity contribution in [3.05, 3.63) is 11.6 Å². The zero-order valence-electron chi connectivity index (χ0n) is 8.29. The van der Waals surface area contributed by atoms with Gasteiger partial charge in [0.25, 0.3) is 0 Å². The van der Waals surface area contributed by atoms with Crippen molar-refractivity contribution in [2.45, 2.75) is 32.8 Å². The largest absolute Gasteiger partial charge is 0.391 e. The van der Waals surface area contributed by atoms with Gasteiger partial charge in [0.1, 0.15) is 0 Å². The Morgan fingerprint density at radius 2 is 2.38 bits per heavy atom. The van der Waals surface area contributed by atoms with Crippen LogP contribution >= 0.6 is 0 Å². The molecule has 1 N–H and O–H groups in total. The number of nitrogens with zero attached hydrogens (tertiary/aromatic N) is 1. The smallest absolute Gasteiger partial charge is 0.249 e. The van der Waals surface area contributed by atoms with Crippen LogP contribution in [0, 0.1) is 0 Å². The molecule has 0 spiro atoms. The molecule has 1 fully saturated rings. The molecule has 1 aliphatic heterocycles. The molecule has 1 heterocycles. The molecule has 0 unspecified atom stereocenters. The Morgan fingerprint density at radius 3 is 2.77 bits per heavy atom. The number of rotatable bonds is 2. The van der Waals surface area contributed by atoms with Crippen molar-refractivity contribution in [3.8, 4) is 0 Å². The number of hydrogen-bond acceptors (Lipinski definition) is 2. The van der Waals surface area contributed by atoms with Gasteiger partial charge in [0.15, 0.2) is 0 Å². The lowest BCUT2D eigenvalue weighted by molar-refractivity contribution is -0.126. The molecule has 0 aromatic rings. The Kier molecular flexibility index (Phi) is 3.48. The fourth-order valence-corrected chi connectivity index (χ4v) is 1.61. The molecule has 0 radical (unpaired) electrons. The molecule has 1 amide bonds. The minimum Gasteiger partial charge on any atom is -0.391 e. The highest BCUT2D eigenvalue weighted by Crippen LogP contribution is 2.13. The van der Waals surface area contributed by atoms with Gasteiger partial charge in [0.2, 0.25) is 5.91 Å². The molecule has 0 aromatic heterocycles. The Balaban J connectivity index is 2.57. The Labute approximate surface area is 79.0 Å². The summed E-state index contributed by atoms with van der Waals surface area (Å²) in [5.74, 6) is 0.0848. The van der Waals surface area contributed by atoms with Crippen LogP contribution in [0.3, 0.4) is 0 Å². The summed E-state index contributed by atoms with van der Waals surface area (Å²) >= 11 is 0. The third-order valence-electron chi connectivity index (χ3n) is 2.45. The zero-order valence-corrected chi connectivity index (χ0v) is 8.29. The molecule has 1 aliphatic rings. The van der Waals surface area contributed by atoms with Gasteiger partial charge >= 0.3 is 0 Å². The molecule has 1 rings (SSSR count). The molecule has 0 bridgehead atoms. The van der Waals surface area contributed by atoms with Crippen LogP contribution < -0.4 is 0 Å². The van der Waals surface area contributed by atoms with Crippen LogP contribution in [0.1, 0.15) is 26.7 Å². The first-order chi connectivity index (χ1) is 6.19. The second kappa shape index (κ2) is 4.42. The van der Waals surface area contributed by atoms with Crippen molar-refractivity contribution in [3.63, 3.8) is 0 Å². The maximum atomic E-state index is 11.7. The third kappa shape index (κ3) is 2.31. The van der Waals surface area contributed by atoms with E-state index in [0.29, 0.717) is 19.5 Å². The second-order valence-corrected chi connectivity index (χ2v) is 3.36. The van der Waals surface area contributed by atoms with Gasteiger partial charge in [-0.15, -0.1) is 0 Å². The molecular formula is C10H17NO2. The molecule has 3 heteroatoms. The van der Waals surface area contributed by atoms with Crippen molar-refractivity contribution < 1.29 is 9.90 Å². The number of hydrogen-bond donors (Lipinski definition) is 1. The summed E-state index contributed by atoms with van der Waals surface area (Å²) in [7, 11) is 0. The lowest BCUT2D eigenvalue weighted by atomic mass is 10.2. The SMILES string of the molecule is C/C=C(\CC)C(=O)N1CC[C@@H](O)C1. The average Bonchev–Trinajstić information content (AvgIpc) is 2.54. The van der Waals surface area contributed by atoms with E-state index < -0.39 is 0 Å². The van der Waals surface area contributed by atoms with E-state index in [9.17, 15) is 9.90 Å². The van der Waals surface area contributed by atoms with E-state index in [-0.39, 0.29) is 12.0 Å². The molecule has 1 atom stereocenters. The highest BCUT2D eigenvalue weighted by atomic mass is 16.3. The summed E-state index contributed by atoms with van der Waals surface area (Å²) in [4.78, 5) is 13.4. The molecule has 3 nitrogen and oxygen atoms in total. The molecule has 1 saturated heterocycles. The highest BCUT2D eigenvalue weighted by molar-refractivity contribution is 5.93. The van der Waals surface area contributed by atoms with Gasteiger partial charge in [-0.2, -0.15) is 0 Å². The first kappa shape index (κ1) is 10.3. The van der Waals surface area contributed by atoms with Crippen molar-refractivity contribution in [1.82, 2.24) is 4.90 Å². The molecular weight excluding hydrogens is 166 g/mol. The van der Waals surface area contributed by atoms with Gasteiger partial charge in [0, 0.05) is 18.7 Å². The zero-order chi connectivity index (χ0) is 9.84. The van der Waals surface area contributed by atoms with Crippen LogP contribution in [0.25, 0.3) is 0 Å². The molecule has 0 aromatic carbocycles. The summed E-state index contributed by atoms with van der Waals surface area (Å²) in [6, 6.07) is 0. The molecule has 13 heavy (non-hydrogen) atoms. The number of aliphatic hydroxyl groups is 1. The quantitative estimate of drug-likeness (QED) is 0.647. The Hall–Kier alpha value is -0.830. The topological polar surface area (TPSA) is 40.5 Å². The Morgan fingerprint density at radius 1 is 1.69 bits per heavy atom. The predicted octanol–water partition coefficient (Wildman–Crippen LogP) is 0.936. The fraction of sp³-hybridized carbons (Fsp3) is 0.700. The normalized spacial score (nSPS) is 23.8. The average molecular weight is 183 g/mol. The van der Waals surface area contributed by atoms with Crippen LogP contribution in [0.15, 0.2) is 11.6 Å². The van der Waals surface area contributed by atoms with Gasteiger partial charge < -0.3 is 10.0 Å².